The summed E-state index contributed by atoms with van der Waals surface area (Å²) in [6.45, 7) is 11.3. The Morgan fingerprint density at radius 1 is 1.41 bits per heavy atom. The third kappa shape index (κ3) is 12.3. The van der Waals surface area contributed by atoms with E-state index in [1.54, 1.807) is 13.3 Å². The number of aliphatic imine (C=N–C) groups is 1. The number of ether oxygens (including phenoxy) is 1. The molecule has 0 aromatic rings. The van der Waals surface area contributed by atoms with Crippen molar-refractivity contribution >= 4 is 18.2 Å². The van der Waals surface area contributed by atoms with Gasteiger partial charge in [-0.25, -0.2) is 0 Å². The number of aliphatic hydroxyl groups excluding tert-OH is 1. The summed E-state index contributed by atoms with van der Waals surface area (Å²) in [4.78, 5) is 16.0. The SMILES string of the molecule is C=C([N+](C)=C(O)OC)C(C)(C)NC(=O)CCC=N[C-]=CC1CC1.[CH2-]CC1CC1.[U+2]. The molecule has 7 heteroatoms. The maximum Gasteiger partial charge on any atom is 2.00 e. The van der Waals surface area contributed by atoms with Gasteiger partial charge in [-0.1, -0.05) is 25.2 Å². The molecular weight excluding hydrogens is 592 g/mol. The van der Waals surface area contributed by atoms with E-state index in [0.717, 1.165) is 5.92 Å². The van der Waals surface area contributed by atoms with Crippen LogP contribution < -0.4 is 5.32 Å². The first-order valence-electron chi connectivity index (χ1n) is 9.94. The van der Waals surface area contributed by atoms with E-state index in [1.165, 1.54) is 43.8 Å². The number of hydrogen-bond donors (Lipinski definition) is 2. The molecule has 2 rings (SSSR count). The number of likely N-dealkylation sites (N-methyl/N-ethyl adjacent to an activating group) is 1. The Hall–Kier alpha value is -1.06. The van der Waals surface area contributed by atoms with Crippen LogP contribution in [0.1, 0.15) is 58.8 Å². The van der Waals surface area contributed by atoms with E-state index in [-0.39, 0.29) is 43.1 Å². The van der Waals surface area contributed by atoms with E-state index in [1.807, 2.05) is 19.9 Å². The number of hydrogen-bond acceptors (Lipinski definition) is 3. The van der Waals surface area contributed by atoms with Crippen LogP contribution in [-0.4, -0.2) is 47.6 Å². The molecule has 2 fully saturated rings. The largest absolute Gasteiger partial charge is 2.00 e. The molecule has 0 spiro atoms. The van der Waals surface area contributed by atoms with Crippen molar-refractivity contribution < 1.29 is 50.3 Å². The van der Waals surface area contributed by atoms with Gasteiger partial charge in [0.2, 0.25) is 11.6 Å². The van der Waals surface area contributed by atoms with E-state index in [2.05, 4.69) is 30.0 Å². The molecule has 0 unspecified atom stereocenters. The first-order valence-corrected chi connectivity index (χ1v) is 9.94. The molecule has 2 aliphatic rings. The molecule has 29 heavy (non-hydrogen) atoms. The summed E-state index contributed by atoms with van der Waals surface area (Å²) in [6, 6.07) is 0. The fourth-order valence-corrected chi connectivity index (χ4v) is 2.29. The molecule has 0 radical (unpaired) electrons. The predicted molar refractivity (Wildman–Crippen MR) is 113 cm³/mol. The van der Waals surface area contributed by atoms with Crippen molar-refractivity contribution in [3.05, 3.63) is 31.5 Å². The minimum atomic E-state index is -0.715. The van der Waals surface area contributed by atoms with E-state index in [0.29, 0.717) is 24.5 Å². The molecule has 0 atom stereocenters. The maximum absolute atomic E-state index is 12.0. The molecule has 0 saturated heterocycles. The number of allylic oxidation sites excluding steroid dienone is 1. The van der Waals surface area contributed by atoms with Crippen molar-refractivity contribution in [3.63, 3.8) is 0 Å². The van der Waals surface area contributed by atoms with Crippen molar-refractivity contribution in [2.45, 2.75) is 64.3 Å². The predicted octanol–water partition coefficient (Wildman–Crippen LogP) is 3.80. The Morgan fingerprint density at radius 3 is 2.48 bits per heavy atom. The van der Waals surface area contributed by atoms with E-state index < -0.39 is 5.54 Å². The zero-order chi connectivity index (χ0) is 21.2. The summed E-state index contributed by atoms with van der Waals surface area (Å²) in [7, 11) is 2.97. The second-order valence-electron chi connectivity index (χ2n) is 7.88. The molecular formula is C22H36N3O3U+. The average molecular weight is 629 g/mol. The third-order valence-electron chi connectivity index (χ3n) is 4.75. The first kappa shape index (κ1) is 27.9. The van der Waals surface area contributed by atoms with Gasteiger partial charge in [0.15, 0.2) is 0 Å². The summed E-state index contributed by atoms with van der Waals surface area (Å²) in [5, 5.41) is 12.5. The molecule has 0 aliphatic heterocycles. The van der Waals surface area contributed by atoms with Crippen LogP contribution in [0.15, 0.2) is 23.3 Å². The third-order valence-corrected chi connectivity index (χ3v) is 4.75. The summed E-state index contributed by atoms with van der Waals surface area (Å²) in [5.41, 5.74) is -0.201. The standard InChI is InChI=1S/C17H26N3O3.C5H9.U/c1-13(20(4)16(22)23-5)17(2,3)19-15(21)7-6-11-18-12-10-14-8-9-14;1-2-5-3-4-5;/h10-11,14H,1,6-9H2,2-5H3,(H,19,21);5H,1-4H2;/q2*-1;+2/p+1. The normalized spacial score (nSPS) is 17.1. The van der Waals surface area contributed by atoms with Crippen LogP contribution in [-0.2, 0) is 9.53 Å². The fraction of sp³-hybridized carbons (Fsp3) is 0.636. The molecule has 0 bridgehead atoms. The minimum absolute atomic E-state index is 0. The van der Waals surface area contributed by atoms with Gasteiger partial charge >= 0.3 is 37.2 Å². The molecule has 6 nitrogen and oxygen atoms in total. The van der Waals surface area contributed by atoms with Crippen molar-refractivity contribution in [3.8, 4) is 0 Å². The molecule has 1 amide bonds. The van der Waals surface area contributed by atoms with Gasteiger partial charge in [0.1, 0.15) is 12.6 Å². The Balaban J connectivity index is 0.00000113. The average Bonchev–Trinajstić information content (AvgIpc) is 3.56. The number of nitrogens with zero attached hydrogens (tertiary/aromatic N) is 2. The Morgan fingerprint density at radius 2 is 2.03 bits per heavy atom. The number of amides is 1. The molecule has 0 aromatic heterocycles. The molecule has 2 N–H and O–H groups in total. The van der Waals surface area contributed by atoms with Gasteiger partial charge in [-0.05, 0) is 39.2 Å². The Kier molecular flexibility index (Phi) is 13.5. The van der Waals surface area contributed by atoms with E-state index >= 15 is 0 Å². The quantitative estimate of drug-likeness (QED) is 0.177. The summed E-state index contributed by atoms with van der Waals surface area (Å²) < 4.78 is 6.14. The second kappa shape index (κ2) is 14.0. The molecule has 2 saturated carbocycles. The summed E-state index contributed by atoms with van der Waals surface area (Å²) in [5.74, 6) is 1.56. The van der Waals surface area contributed by atoms with Crippen LogP contribution in [0.3, 0.4) is 0 Å². The first-order chi connectivity index (χ1) is 13.2. The van der Waals surface area contributed by atoms with Gasteiger partial charge in [0.25, 0.3) is 0 Å². The zero-order valence-electron chi connectivity index (χ0n) is 18.3. The monoisotopic (exact) mass is 628 g/mol. The van der Waals surface area contributed by atoms with Crippen molar-refractivity contribution in [1.82, 2.24) is 5.32 Å². The topological polar surface area (TPSA) is 73.9 Å². The van der Waals surface area contributed by atoms with E-state index in [4.69, 9.17) is 4.74 Å². The van der Waals surface area contributed by atoms with Crippen molar-refractivity contribution in [1.29, 1.82) is 0 Å². The Bertz CT molecular complexity index is 619. The van der Waals surface area contributed by atoms with Gasteiger partial charge in [-0.3, -0.25) is 4.79 Å². The molecule has 2 aliphatic carbocycles. The molecule has 0 aromatic carbocycles. The number of nitrogens with one attached hydrogen (secondary N) is 1. The number of aliphatic hydroxyl groups is 1. The van der Waals surface area contributed by atoms with Crippen LogP contribution in [0.2, 0.25) is 0 Å². The minimum Gasteiger partial charge on any atom is -0.463 e. The van der Waals surface area contributed by atoms with Crippen LogP contribution in [0.25, 0.3) is 0 Å². The second-order valence-corrected chi connectivity index (χ2v) is 7.88. The number of carbonyl (C=O) groups excluding carboxylic acids is 1. The van der Waals surface area contributed by atoms with Crippen LogP contribution in [0, 0.1) is 56.1 Å². The molecule has 160 valence electrons. The van der Waals surface area contributed by atoms with Gasteiger partial charge in [-0.15, -0.1) is 10.8 Å². The van der Waals surface area contributed by atoms with Crippen LogP contribution in [0.5, 0.6) is 0 Å². The number of carbonyl (C=O) groups is 1. The fourth-order valence-electron chi connectivity index (χ4n) is 2.29. The van der Waals surface area contributed by atoms with Gasteiger partial charge < -0.3 is 27.1 Å². The zero-order valence-corrected chi connectivity index (χ0v) is 22.5. The number of rotatable bonds is 9. The number of methoxy groups -OCH3 is 1. The van der Waals surface area contributed by atoms with Crippen LogP contribution >= 0.6 is 0 Å². The van der Waals surface area contributed by atoms with Gasteiger partial charge in [0, 0.05) is 6.42 Å². The smallest absolute Gasteiger partial charge is 0.463 e. The van der Waals surface area contributed by atoms with Crippen molar-refractivity contribution in [2.24, 2.45) is 16.8 Å². The van der Waals surface area contributed by atoms with Gasteiger partial charge in [-0.2, -0.15) is 18.7 Å². The maximum atomic E-state index is 12.0. The molecule has 0 heterocycles. The summed E-state index contributed by atoms with van der Waals surface area (Å²) >= 11 is 0. The van der Waals surface area contributed by atoms with E-state index in [9.17, 15) is 9.90 Å². The van der Waals surface area contributed by atoms with Gasteiger partial charge in [0.05, 0.1) is 7.11 Å². The van der Waals surface area contributed by atoms with Crippen LogP contribution in [0.4, 0.5) is 0 Å². The summed E-state index contributed by atoms with van der Waals surface area (Å²) in [6.07, 6.45) is 13.7. The van der Waals surface area contributed by atoms with Crippen molar-refractivity contribution in [2.75, 3.05) is 14.2 Å². The Labute approximate surface area is 200 Å².